The average Bonchev–Trinajstić information content (AvgIpc) is 2.71. The van der Waals surface area contributed by atoms with Crippen LogP contribution in [0.15, 0.2) is 60.0 Å². The number of nitrogens with one attached hydrogen (secondary N) is 2. The van der Waals surface area contributed by atoms with Gasteiger partial charge in [0, 0.05) is 18.7 Å². The van der Waals surface area contributed by atoms with E-state index in [1.165, 1.54) is 55.7 Å². The van der Waals surface area contributed by atoms with Crippen LogP contribution in [0.25, 0.3) is 0 Å². The van der Waals surface area contributed by atoms with E-state index < -0.39 is 22.5 Å². The third kappa shape index (κ3) is 6.26. The molecule has 2 N–H and O–H groups in total. The van der Waals surface area contributed by atoms with Gasteiger partial charge in [0.15, 0.2) is 11.5 Å². The quantitative estimate of drug-likeness (QED) is 0.570. The summed E-state index contributed by atoms with van der Waals surface area (Å²) in [6.45, 7) is 0.610. The fourth-order valence-corrected chi connectivity index (χ4v) is 3.41. The third-order valence-corrected chi connectivity index (χ3v) is 5.12. The van der Waals surface area contributed by atoms with Gasteiger partial charge < -0.3 is 14.8 Å². The summed E-state index contributed by atoms with van der Waals surface area (Å²) in [7, 11) is -2.64. The lowest BCUT2D eigenvalue weighted by Crippen LogP contribution is -2.25. The molecule has 0 saturated heterocycles. The highest BCUT2D eigenvalue weighted by atomic mass is 32.2. The molecule has 2 aromatic rings. The zero-order chi connectivity index (χ0) is 21.4. The molecule has 0 aliphatic heterocycles. The number of carbonyl (C=O) groups is 1. The maximum absolute atomic E-state index is 12.5. The predicted octanol–water partition coefficient (Wildman–Crippen LogP) is 2.69. The maximum Gasteiger partial charge on any atom is 0.387 e. The number of amides is 1. The smallest absolute Gasteiger partial charge is 0.387 e. The first kappa shape index (κ1) is 22.3. The lowest BCUT2D eigenvalue weighted by atomic mass is 10.2. The summed E-state index contributed by atoms with van der Waals surface area (Å²) in [6.07, 6.45) is 1.51. The molecule has 0 spiro atoms. The molecule has 0 atom stereocenters. The number of hydrogen-bond donors (Lipinski definition) is 2. The number of halogens is 2. The van der Waals surface area contributed by atoms with Crippen LogP contribution in [-0.4, -0.2) is 34.6 Å². The van der Waals surface area contributed by atoms with Crippen molar-refractivity contribution in [3.8, 4) is 11.5 Å². The van der Waals surface area contributed by atoms with Gasteiger partial charge in [0.25, 0.3) is 5.91 Å². The van der Waals surface area contributed by atoms with E-state index in [0.717, 1.165) is 0 Å². The Kier molecular flexibility index (Phi) is 7.68. The Hall–Kier alpha value is -2.98. The molecule has 1 amide bonds. The molecule has 29 heavy (non-hydrogen) atoms. The minimum atomic E-state index is -3.93. The second-order valence-electron chi connectivity index (χ2n) is 5.71. The molecule has 0 radical (unpaired) electrons. The molecular formula is C19H20F2N2O5S. The van der Waals surface area contributed by atoms with E-state index in [-0.39, 0.29) is 35.0 Å². The van der Waals surface area contributed by atoms with Crippen molar-refractivity contribution in [3.63, 3.8) is 0 Å². The van der Waals surface area contributed by atoms with E-state index in [9.17, 15) is 22.0 Å². The predicted molar refractivity (Wildman–Crippen MR) is 103 cm³/mol. The summed E-state index contributed by atoms with van der Waals surface area (Å²) < 4.78 is 61.6. The molecule has 0 aromatic heterocycles. The topological polar surface area (TPSA) is 93.7 Å². The number of ether oxygens (including phenoxy) is 2. The molecular weight excluding hydrogens is 406 g/mol. The number of rotatable bonds is 10. The Morgan fingerprint density at radius 3 is 2.62 bits per heavy atom. The van der Waals surface area contributed by atoms with Gasteiger partial charge >= 0.3 is 6.61 Å². The molecule has 2 rings (SSSR count). The lowest BCUT2D eigenvalue weighted by Gasteiger charge is -2.12. The number of alkyl halides is 2. The fourth-order valence-electron chi connectivity index (χ4n) is 2.35. The first-order valence-corrected chi connectivity index (χ1v) is 9.85. The second-order valence-corrected chi connectivity index (χ2v) is 7.48. The Balaban J connectivity index is 2.14. The van der Waals surface area contributed by atoms with Gasteiger partial charge in [0.1, 0.15) is 0 Å². The van der Waals surface area contributed by atoms with Crippen molar-refractivity contribution in [1.82, 2.24) is 10.0 Å². The number of benzene rings is 2. The molecule has 0 fully saturated rings. The summed E-state index contributed by atoms with van der Waals surface area (Å²) in [6, 6.07) is 9.63. The highest BCUT2D eigenvalue weighted by Gasteiger charge is 2.17. The van der Waals surface area contributed by atoms with Gasteiger partial charge in [-0.25, -0.2) is 13.1 Å². The van der Waals surface area contributed by atoms with Crippen molar-refractivity contribution < 1.29 is 31.5 Å². The fraction of sp³-hybridized carbons (Fsp3) is 0.211. The van der Waals surface area contributed by atoms with Crippen molar-refractivity contribution >= 4 is 15.9 Å². The van der Waals surface area contributed by atoms with Crippen LogP contribution in [-0.2, 0) is 16.6 Å². The lowest BCUT2D eigenvalue weighted by molar-refractivity contribution is -0.0512. The summed E-state index contributed by atoms with van der Waals surface area (Å²) in [5.74, 6) is -0.545. The molecule has 7 nitrogen and oxygen atoms in total. The van der Waals surface area contributed by atoms with Crippen molar-refractivity contribution in [3.05, 3.63) is 66.2 Å². The SMILES string of the molecule is C=CCNC(=O)c1cccc(S(=O)(=O)NCc2ccc(OC(F)F)c(OC)c2)c1. The van der Waals surface area contributed by atoms with Gasteiger partial charge in [-0.15, -0.1) is 6.58 Å². The zero-order valence-corrected chi connectivity index (χ0v) is 16.3. The van der Waals surface area contributed by atoms with Crippen LogP contribution in [0.3, 0.4) is 0 Å². The van der Waals surface area contributed by atoms with E-state index in [1.807, 2.05) is 0 Å². The van der Waals surface area contributed by atoms with Crippen LogP contribution in [0.5, 0.6) is 11.5 Å². The van der Waals surface area contributed by atoms with Gasteiger partial charge in [-0.3, -0.25) is 4.79 Å². The number of hydrogen-bond acceptors (Lipinski definition) is 5. The van der Waals surface area contributed by atoms with Crippen LogP contribution in [0, 0.1) is 0 Å². The Labute approximate surface area is 167 Å². The molecule has 10 heteroatoms. The number of methoxy groups -OCH3 is 1. The summed E-state index contributed by atoms with van der Waals surface area (Å²) in [5.41, 5.74) is 0.650. The van der Waals surface area contributed by atoms with Crippen LogP contribution in [0.1, 0.15) is 15.9 Å². The molecule has 0 bridgehead atoms. The molecule has 0 unspecified atom stereocenters. The van der Waals surface area contributed by atoms with Crippen molar-refractivity contribution in [1.29, 1.82) is 0 Å². The zero-order valence-electron chi connectivity index (χ0n) is 15.5. The molecule has 2 aromatic carbocycles. The van der Waals surface area contributed by atoms with E-state index in [0.29, 0.717) is 5.56 Å². The average molecular weight is 426 g/mol. The Morgan fingerprint density at radius 2 is 1.97 bits per heavy atom. The number of sulfonamides is 1. The minimum absolute atomic E-state index is 0.0443. The largest absolute Gasteiger partial charge is 0.493 e. The van der Waals surface area contributed by atoms with Crippen molar-refractivity contribution in [2.45, 2.75) is 18.1 Å². The summed E-state index contributed by atoms with van der Waals surface area (Å²) >= 11 is 0. The molecule has 156 valence electrons. The van der Waals surface area contributed by atoms with Gasteiger partial charge in [0.2, 0.25) is 10.0 Å². The highest BCUT2D eigenvalue weighted by Crippen LogP contribution is 2.29. The normalized spacial score (nSPS) is 11.2. The van der Waals surface area contributed by atoms with Crippen LogP contribution >= 0.6 is 0 Å². The van der Waals surface area contributed by atoms with Gasteiger partial charge in [-0.05, 0) is 35.9 Å². The first-order chi connectivity index (χ1) is 13.8. The monoisotopic (exact) mass is 426 g/mol. The minimum Gasteiger partial charge on any atom is -0.493 e. The molecule has 0 saturated carbocycles. The van der Waals surface area contributed by atoms with Gasteiger partial charge in [-0.2, -0.15) is 8.78 Å². The maximum atomic E-state index is 12.5. The second kappa shape index (κ2) is 9.99. The highest BCUT2D eigenvalue weighted by molar-refractivity contribution is 7.89. The first-order valence-electron chi connectivity index (χ1n) is 8.37. The summed E-state index contributed by atoms with van der Waals surface area (Å²) in [4.78, 5) is 11.9. The van der Waals surface area contributed by atoms with E-state index in [2.05, 4.69) is 21.4 Å². The van der Waals surface area contributed by atoms with E-state index >= 15 is 0 Å². The summed E-state index contributed by atoms with van der Waals surface area (Å²) in [5, 5.41) is 2.57. The van der Waals surface area contributed by atoms with Crippen molar-refractivity contribution in [2.75, 3.05) is 13.7 Å². The van der Waals surface area contributed by atoms with Gasteiger partial charge in [-0.1, -0.05) is 18.2 Å². The van der Waals surface area contributed by atoms with Crippen LogP contribution in [0.2, 0.25) is 0 Å². The number of carbonyl (C=O) groups excluding carboxylic acids is 1. The third-order valence-electron chi connectivity index (χ3n) is 3.72. The van der Waals surface area contributed by atoms with E-state index in [4.69, 9.17) is 4.74 Å². The molecule has 0 heterocycles. The van der Waals surface area contributed by atoms with Crippen LogP contribution in [0.4, 0.5) is 8.78 Å². The molecule has 0 aliphatic carbocycles. The molecule has 0 aliphatic rings. The Morgan fingerprint density at radius 1 is 1.21 bits per heavy atom. The standard InChI is InChI=1S/C19H20F2N2O5S/c1-3-9-22-18(24)14-5-4-6-15(11-14)29(25,26)23-12-13-7-8-16(28-19(20)21)17(10-13)27-2/h3-8,10-11,19,23H,1,9,12H2,2H3,(H,22,24). The van der Waals surface area contributed by atoms with Crippen LogP contribution < -0.4 is 19.5 Å². The van der Waals surface area contributed by atoms with Gasteiger partial charge in [0.05, 0.1) is 12.0 Å². The van der Waals surface area contributed by atoms with E-state index in [1.54, 1.807) is 0 Å². The Bertz CT molecular complexity index is 980. The van der Waals surface area contributed by atoms with Crippen molar-refractivity contribution in [2.24, 2.45) is 0 Å².